The summed E-state index contributed by atoms with van der Waals surface area (Å²) in [7, 11) is 0. The van der Waals surface area contributed by atoms with Gasteiger partial charge in [0.25, 0.3) is 0 Å². The van der Waals surface area contributed by atoms with Gasteiger partial charge in [0.05, 0.1) is 0 Å². The Hall–Kier alpha value is -0.180. The molecule has 0 spiro atoms. The highest BCUT2D eigenvalue weighted by Gasteiger charge is 2.20. The minimum Gasteiger partial charge on any atom is -0.362 e. The topological polar surface area (TPSA) is 24.4 Å². The van der Waals surface area contributed by atoms with E-state index in [-0.39, 0.29) is 0 Å². The Morgan fingerprint density at radius 2 is 2.06 bits per heavy atom. The second kappa shape index (κ2) is 7.21. The smallest absolute Gasteiger partial charge is 0.156 e. The molecule has 1 atom stereocenters. The van der Waals surface area contributed by atoms with Gasteiger partial charge in [-0.05, 0) is 18.3 Å². The Morgan fingerprint density at radius 3 is 2.62 bits per heavy atom. The third-order valence-electron chi connectivity index (χ3n) is 3.43. The number of nitrogens with zero attached hydrogens (tertiary/aromatic N) is 1. The third kappa shape index (κ3) is 4.36. The van der Waals surface area contributed by atoms with Gasteiger partial charge >= 0.3 is 0 Å². The highest BCUT2D eigenvalue weighted by molar-refractivity contribution is 8.13. The van der Waals surface area contributed by atoms with Crippen molar-refractivity contribution in [3.05, 3.63) is 0 Å². The first-order valence-electron chi connectivity index (χ1n) is 6.61. The molecule has 0 bridgehead atoms. The van der Waals surface area contributed by atoms with Crippen molar-refractivity contribution in [2.75, 3.05) is 12.3 Å². The van der Waals surface area contributed by atoms with Crippen LogP contribution in [0.15, 0.2) is 4.99 Å². The Balaban J connectivity index is 2.43. The van der Waals surface area contributed by atoms with Crippen molar-refractivity contribution in [1.29, 1.82) is 0 Å². The van der Waals surface area contributed by atoms with Gasteiger partial charge in [0.2, 0.25) is 0 Å². The van der Waals surface area contributed by atoms with Gasteiger partial charge < -0.3 is 5.32 Å². The zero-order valence-corrected chi connectivity index (χ0v) is 11.9. The van der Waals surface area contributed by atoms with E-state index in [9.17, 15) is 0 Å². The summed E-state index contributed by atoms with van der Waals surface area (Å²) in [6.45, 7) is 10.1. The molecule has 0 saturated carbocycles. The summed E-state index contributed by atoms with van der Waals surface area (Å²) in [4.78, 5) is 4.73. The van der Waals surface area contributed by atoms with Crippen LogP contribution in [0.4, 0.5) is 0 Å². The van der Waals surface area contributed by atoms with Gasteiger partial charge in [-0.2, -0.15) is 0 Å². The van der Waals surface area contributed by atoms with E-state index in [0.717, 1.165) is 12.5 Å². The largest absolute Gasteiger partial charge is 0.362 e. The minimum atomic E-state index is 0.627. The molecule has 0 aliphatic carbocycles. The SMILES string of the molecule is CCC(CC)CN=C1NC(C(C)C)CCS1. The molecule has 16 heavy (non-hydrogen) atoms. The number of aliphatic imine (C=N–C) groups is 1. The molecule has 1 unspecified atom stereocenters. The van der Waals surface area contributed by atoms with E-state index in [1.165, 1.54) is 30.2 Å². The van der Waals surface area contributed by atoms with Crippen molar-refractivity contribution in [3.8, 4) is 0 Å². The van der Waals surface area contributed by atoms with E-state index in [2.05, 4.69) is 33.0 Å². The molecular weight excluding hydrogens is 216 g/mol. The van der Waals surface area contributed by atoms with Crippen LogP contribution in [-0.4, -0.2) is 23.5 Å². The van der Waals surface area contributed by atoms with Crippen LogP contribution in [-0.2, 0) is 0 Å². The van der Waals surface area contributed by atoms with Crippen LogP contribution in [0.3, 0.4) is 0 Å². The lowest BCUT2D eigenvalue weighted by Crippen LogP contribution is -2.41. The average Bonchev–Trinajstić information content (AvgIpc) is 2.31. The predicted octanol–water partition coefficient (Wildman–Crippen LogP) is 3.53. The molecule has 1 N–H and O–H groups in total. The van der Waals surface area contributed by atoms with Crippen LogP contribution >= 0.6 is 11.8 Å². The maximum absolute atomic E-state index is 4.73. The van der Waals surface area contributed by atoms with Crippen LogP contribution in [0, 0.1) is 11.8 Å². The van der Waals surface area contributed by atoms with Gasteiger partial charge in [0, 0.05) is 18.3 Å². The minimum absolute atomic E-state index is 0.627. The molecule has 1 aliphatic heterocycles. The lowest BCUT2D eigenvalue weighted by atomic mass is 10.0. The zero-order chi connectivity index (χ0) is 12.0. The van der Waals surface area contributed by atoms with Crippen LogP contribution in [0.5, 0.6) is 0 Å². The van der Waals surface area contributed by atoms with Crippen molar-refractivity contribution in [1.82, 2.24) is 5.32 Å². The highest BCUT2D eigenvalue weighted by Crippen LogP contribution is 2.19. The number of hydrogen-bond acceptors (Lipinski definition) is 2. The highest BCUT2D eigenvalue weighted by atomic mass is 32.2. The van der Waals surface area contributed by atoms with Crippen LogP contribution in [0.2, 0.25) is 0 Å². The molecule has 1 rings (SSSR count). The molecule has 3 heteroatoms. The molecule has 1 heterocycles. The number of thioether (sulfide) groups is 1. The molecule has 1 fully saturated rings. The van der Waals surface area contributed by atoms with E-state index in [4.69, 9.17) is 4.99 Å². The number of amidine groups is 1. The average molecular weight is 242 g/mol. The third-order valence-corrected chi connectivity index (χ3v) is 4.39. The summed E-state index contributed by atoms with van der Waals surface area (Å²) < 4.78 is 0. The van der Waals surface area contributed by atoms with Crippen LogP contribution in [0.25, 0.3) is 0 Å². The van der Waals surface area contributed by atoms with Crippen molar-refractivity contribution >= 4 is 16.9 Å². The maximum atomic E-state index is 4.73. The Labute approximate surface area is 105 Å². The summed E-state index contributed by atoms with van der Waals surface area (Å²) in [5, 5.41) is 4.75. The van der Waals surface area contributed by atoms with Crippen molar-refractivity contribution in [2.45, 2.75) is 53.0 Å². The molecule has 2 nitrogen and oxygen atoms in total. The molecule has 0 radical (unpaired) electrons. The molecule has 0 aromatic carbocycles. The number of hydrogen-bond donors (Lipinski definition) is 1. The first-order valence-corrected chi connectivity index (χ1v) is 7.59. The maximum Gasteiger partial charge on any atom is 0.156 e. The molecular formula is C13H26N2S. The lowest BCUT2D eigenvalue weighted by Gasteiger charge is -2.28. The molecule has 1 saturated heterocycles. The molecule has 0 amide bonds. The van der Waals surface area contributed by atoms with E-state index >= 15 is 0 Å². The lowest BCUT2D eigenvalue weighted by molar-refractivity contribution is 0.440. The first-order chi connectivity index (χ1) is 7.67. The predicted molar refractivity (Wildman–Crippen MR) is 75.2 cm³/mol. The molecule has 0 aromatic heterocycles. The fraction of sp³-hybridized carbons (Fsp3) is 0.923. The monoisotopic (exact) mass is 242 g/mol. The first kappa shape index (κ1) is 13.9. The Morgan fingerprint density at radius 1 is 1.38 bits per heavy atom. The van der Waals surface area contributed by atoms with Gasteiger partial charge in [-0.15, -0.1) is 0 Å². The summed E-state index contributed by atoms with van der Waals surface area (Å²) in [6, 6.07) is 0.627. The van der Waals surface area contributed by atoms with Gasteiger partial charge in [-0.3, -0.25) is 4.99 Å². The van der Waals surface area contributed by atoms with Crippen LogP contribution < -0.4 is 5.32 Å². The molecule has 1 aliphatic rings. The van der Waals surface area contributed by atoms with Crippen molar-refractivity contribution < 1.29 is 0 Å². The quantitative estimate of drug-likeness (QED) is 0.797. The standard InChI is InChI=1S/C13H26N2S/c1-5-11(6-2)9-14-13-15-12(10(3)4)7-8-16-13/h10-12H,5-9H2,1-4H3,(H,14,15). The van der Waals surface area contributed by atoms with Crippen LogP contribution in [0.1, 0.15) is 47.0 Å². The molecule has 0 aromatic rings. The normalized spacial score (nSPS) is 24.1. The van der Waals surface area contributed by atoms with E-state index in [1.54, 1.807) is 0 Å². The van der Waals surface area contributed by atoms with E-state index < -0.39 is 0 Å². The zero-order valence-electron chi connectivity index (χ0n) is 11.1. The van der Waals surface area contributed by atoms with E-state index in [1.807, 2.05) is 11.8 Å². The second-order valence-electron chi connectivity index (χ2n) is 4.96. The van der Waals surface area contributed by atoms with Gasteiger partial charge in [-0.25, -0.2) is 0 Å². The van der Waals surface area contributed by atoms with Gasteiger partial charge in [0.1, 0.15) is 0 Å². The van der Waals surface area contributed by atoms with Crippen molar-refractivity contribution in [3.63, 3.8) is 0 Å². The Bertz CT molecular complexity index is 222. The Kier molecular flexibility index (Phi) is 6.25. The van der Waals surface area contributed by atoms with Crippen molar-refractivity contribution in [2.24, 2.45) is 16.8 Å². The fourth-order valence-electron chi connectivity index (χ4n) is 1.91. The summed E-state index contributed by atoms with van der Waals surface area (Å²) in [5.41, 5.74) is 0. The van der Waals surface area contributed by atoms with E-state index in [0.29, 0.717) is 12.0 Å². The summed E-state index contributed by atoms with van der Waals surface area (Å²) in [6.07, 6.45) is 3.75. The summed E-state index contributed by atoms with van der Waals surface area (Å²) >= 11 is 1.89. The molecule has 94 valence electrons. The summed E-state index contributed by atoms with van der Waals surface area (Å²) in [5.74, 6) is 2.69. The number of rotatable bonds is 5. The number of nitrogens with one attached hydrogen (secondary N) is 1. The van der Waals surface area contributed by atoms with Gasteiger partial charge in [-0.1, -0.05) is 52.3 Å². The van der Waals surface area contributed by atoms with Gasteiger partial charge in [0.15, 0.2) is 5.17 Å². The second-order valence-corrected chi connectivity index (χ2v) is 6.04. The fourth-order valence-corrected chi connectivity index (χ4v) is 2.87.